The van der Waals surface area contributed by atoms with Crippen molar-refractivity contribution < 1.29 is 0 Å². The van der Waals surface area contributed by atoms with E-state index in [1.165, 1.54) is 31.9 Å². The Kier molecular flexibility index (Phi) is 3.60. The van der Waals surface area contributed by atoms with Crippen LogP contribution in [0.1, 0.15) is 0 Å². The highest BCUT2D eigenvalue weighted by molar-refractivity contribution is 7.19. The molecule has 0 atom stereocenters. The van der Waals surface area contributed by atoms with Crippen LogP contribution in [0.4, 0.5) is 10.7 Å². The van der Waals surface area contributed by atoms with E-state index >= 15 is 0 Å². The molecule has 1 nitrogen and oxygen atoms in total. The van der Waals surface area contributed by atoms with Gasteiger partial charge in [-0.2, -0.15) is 0 Å². The number of nitrogens with zero attached hydrogens (tertiary/aromatic N) is 1. The third-order valence-electron chi connectivity index (χ3n) is 4.11. The number of fused-ring (bicyclic) bond motifs is 1. The van der Waals surface area contributed by atoms with Crippen molar-refractivity contribution in [2.75, 3.05) is 11.9 Å². The first-order chi connectivity index (χ1) is 11.3. The van der Waals surface area contributed by atoms with Gasteiger partial charge in [0.1, 0.15) is 0 Å². The van der Waals surface area contributed by atoms with Crippen LogP contribution in [-0.2, 0) is 0 Å². The second kappa shape index (κ2) is 5.90. The first kappa shape index (κ1) is 14.0. The van der Waals surface area contributed by atoms with Gasteiger partial charge in [0.25, 0.3) is 0 Å². The zero-order valence-corrected chi connectivity index (χ0v) is 13.8. The summed E-state index contributed by atoms with van der Waals surface area (Å²) in [6.07, 6.45) is 0. The second-order valence-electron chi connectivity index (χ2n) is 5.56. The van der Waals surface area contributed by atoms with Crippen molar-refractivity contribution in [3.63, 3.8) is 0 Å². The van der Waals surface area contributed by atoms with Crippen LogP contribution in [0.15, 0.2) is 84.9 Å². The Labute approximate surface area is 140 Å². The quantitative estimate of drug-likeness (QED) is 0.426. The molecule has 1 aromatic heterocycles. The monoisotopic (exact) mass is 315 g/mol. The summed E-state index contributed by atoms with van der Waals surface area (Å²) in [5.74, 6) is 0. The van der Waals surface area contributed by atoms with E-state index in [1.807, 2.05) is 11.3 Å². The Balaban J connectivity index is 1.74. The molecular weight excluding hydrogens is 298 g/mol. The molecule has 0 aliphatic carbocycles. The van der Waals surface area contributed by atoms with Gasteiger partial charge in [0, 0.05) is 23.0 Å². The van der Waals surface area contributed by atoms with Gasteiger partial charge < -0.3 is 4.90 Å². The van der Waals surface area contributed by atoms with Crippen molar-refractivity contribution >= 4 is 32.8 Å². The molecule has 0 saturated carbocycles. The van der Waals surface area contributed by atoms with E-state index in [0.717, 1.165) is 0 Å². The average Bonchev–Trinajstić information content (AvgIpc) is 3.11. The number of rotatable bonds is 3. The molecule has 0 radical (unpaired) electrons. The van der Waals surface area contributed by atoms with Gasteiger partial charge >= 0.3 is 0 Å². The van der Waals surface area contributed by atoms with Gasteiger partial charge in [-0.25, -0.2) is 0 Å². The summed E-state index contributed by atoms with van der Waals surface area (Å²) in [6, 6.07) is 30.0. The fourth-order valence-corrected chi connectivity index (χ4v) is 3.87. The zero-order chi connectivity index (χ0) is 15.6. The van der Waals surface area contributed by atoms with E-state index in [0.29, 0.717) is 0 Å². The summed E-state index contributed by atoms with van der Waals surface area (Å²) < 4.78 is 0. The molecule has 0 unspecified atom stereocenters. The van der Waals surface area contributed by atoms with Crippen LogP contribution in [0.5, 0.6) is 0 Å². The predicted octanol–water partition coefficient (Wildman–Crippen LogP) is 6.34. The molecule has 0 aliphatic rings. The first-order valence-electron chi connectivity index (χ1n) is 7.70. The maximum absolute atomic E-state index is 2.28. The lowest BCUT2D eigenvalue weighted by Crippen LogP contribution is -2.07. The summed E-state index contributed by atoms with van der Waals surface area (Å²) in [4.78, 5) is 3.58. The van der Waals surface area contributed by atoms with E-state index in [-0.39, 0.29) is 0 Å². The van der Waals surface area contributed by atoms with Crippen molar-refractivity contribution in [3.05, 3.63) is 84.9 Å². The molecule has 0 saturated heterocycles. The highest BCUT2D eigenvalue weighted by Crippen LogP contribution is 2.38. The van der Waals surface area contributed by atoms with Crippen LogP contribution in [0.25, 0.3) is 21.2 Å². The van der Waals surface area contributed by atoms with Crippen LogP contribution in [0.2, 0.25) is 0 Å². The summed E-state index contributed by atoms with van der Waals surface area (Å²) in [5.41, 5.74) is 2.51. The molecule has 0 amide bonds. The molecule has 0 N–H and O–H groups in total. The minimum Gasteiger partial charge on any atom is -0.336 e. The van der Waals surface area contributed by atoms with Gasteiger partial charge in [0.15, 0.2) is 0 Å². The molecule has 2 heteroatoms. The molecule has 3 aromatic carbocycles. The molecule has 1 heterocycles. The molecule has 0 aliphatic heterocycles. The van der Waals surface area contributed by atoms with Crippen molar-refractivity contribution in [2.45, 2.75) is 0 Å². The van der Waals surface area contributed by atoms with Crippen molar-refractivity contribution in [3.8, 4) is 10.4 Å². The minimum atomic E-state index is 1.24. The molecular formula is C21H17NS. The van der Waals surface area contributed by atoms with Gasteiger partial charge in [-0.1, -0.05) is 66.7 Å². The molecule has 0 bridgehead atoms. The smallest absolute Gasteiger partial charge is 0.0957 e. The lowest BCUT2D eigenvalue weighted by atomic mass is 10.1. The van der Waals surface area contributed by atoms with Gasteiger partial charge in [-0.05, 0) is 29.1 Å². The van der Waals surface area contributed by atoms with Crippen LogP contribution in [0.3, 0.4) is 0 Å². The minimum absolute atomic E-state index is 1.24. The highest BCUT2D eigenvalue weighted by atomic mass is 32.1. The van der Waals surface area contributed by atoms with Gasteiger partial charge in [0.05, 0.1) is 5.00 Å². The number of hydrogen-bond acceptors (Lipinski definition) is 2. The van der Waals surface area contributed by atoms with Crippen molar-refractivity contribution in [1.82, 2.24) is 0 Å². The number of benzene rings is 3. The summed E-state index contributed by atoms with van der Waals surface area (Å²) in [5, 5.41) is 3.81. The maximum atomic E-state index is 2.28. The average molecular weight is 315 g/mol. The fraction of sp³-hybridized carbons (Fsp3) is 0.0476. The summed E-state index contributed by atoms with van der Waals surface area (Å²) in [7, 11) is 2.14. The molecule has 0 fully saturated rings. The number of anilines is 2. The van der Waals surface area contributed by atoms with Crippen LogP contribution in [0, 0.1) is 0 Å². The molecule has 4 rings (SSSR count). The topological polar surface area (TPSA) is 3.24 Å². The lowest BCUT2D eigenvalue weighted by Gasteiger charge is -2.19. The van der Waals surface area contributed by atoms with Gasteiger partial charge in [-0.15, -0.1) is 11.3 Å². The zero-order valence-electron chi connectivity index (χ0n) is 12.9. The Morgan fingerprint density at radius 2 is 1.43 bits per heavy atom. The standard InChI is InChI=1S/C21H17NS/c1-22(19-13-7-11-16-8-5-6-12-18(16)19)21-15-14-20(23-21)17-9-3-2-4-10-17/h2-15H,1H3. The van der Waals surface area contributed by atoms with E-state index in [1.54, 1.807) is 0 Å². The van der Waals surface area contributed by atoms with Gasteiger partial charge in [0.2, 0.25) is 0 Å². The van der Waals surface area contributed by atoms with Crippen molar-refractivity contribution in [1.29, 1.82) is 0 Å². The van der Waals surface area contributed by atoms with E-state index in [4.69, 9.17) is 0 Å². The highest BCUT2D eigenvalue weighted by Gasteiger charge is 2.11. The van der Waals surface area contributed by atoms with Crippen LogP contribution < -0.4 is 4.90 Å². The second-order valence-corrected chi connectivity index (χ2v) is 6.62. The van der Waals surface area contributed by atoms with E-state index in [2.05, 4.69) is 96.9 Å². The third-order valence-corrected chi connectivity index (χ3v) is 5.32. The van der Waals surface area contributed by atoms with E-state index in [9.17, 15) is 0 Å². The molecule has 23 heavy (non-hydrogen) atoms. The van der Waals surface area contributed by atoms with Gasteiger partial charge in [-0.3, -0.25) is 0 Å². The summed E-state index contributed by atoms with van der Waals surface area (Å²) in [6.45, 7) is 0. The SMILES string of the molecule is CN(c1ccc(-c2ccccc2)s1)c1cccc2ccccc12. The largest absolute Gasteiger partial charge is 0.336 e. The Hall–Kier alpha value is -2.58. The molecule has 4 aromatic rings. The maximum Gasteiger partial charge on any atom is 0.0957 e. The molecule has 112 valence electrons. The Bertz CT molecular complexity index is 935. The van der Waals surface area contributed by atoms with Crippen molar-refractivity contribution in [2.24, 2.45) is 0 Å². The van der Waals surface area contributed by atoms with Crippen LogP contribution in [-0.4, -0.2) is 7.05 Å². The first-order valence-corrected chi connectivity index (χ1v) is 8.51. The van der Waals surface area contributed by atoms with Crippen LogP contribution >= 0.6 is 11.3 Å². The Morgan fingerprint density at radius 1 is 0.696 bits per heavy atom. The molecule has 0 spiro atoms. The Morgan fingerprint density at radius 3 is 2.30 bits per heavy atom. The third kappa shape index (κ3) is 2.62. The fourth-order valence-electron chi connectivity index (χ4n) is 2.89. The van der Waals surface area contributed by atoms with E-state index < -0.39 is 0 Å². The summed E-state index contributed by atoms with van der Waals surface area (Å²) >= 11 is 1.82. The number of hydrogen-bond donors (Lipinski definition) is 0. The number of thiophene rings is 1. The normalized spacial score (nSPS) is 10.8. The lowest BCUT2D eigenvalue weighted by molar-refractivity contribution is 1.25. The predicted molar refractivity (Wildman–Crippen MR) is 102 cm³/mol.